The first-order valence-corrected chi connectivity index (χ1v) is 8.58. The summed E-state index contributed by atoms with van der Waals surface area (Å²) in [5, 5.41) is 5.94. The normalized spacial score (nSPS) is 13.5. The van der Waals surface area contributed by atoms with Crippen molar-refractivity contribution in [2.45, 2.75) is 47.6 Å². The molecule has 1 aromatic rings. The Labute approximate surface area is 145 Å². The molecule has 1 unspecified atom stereocenters. The average molecular weight is 334 g/mol. The van der Waals surface area contributed by atoms with Crippen molar-refractivity contribution in [3.63, 3.8) is 0 Å². The summed E-state index contributed by atoms with van der Waals surface area (Å²) in [7, 11) is 1.86. The van der Waals surface area contributed by atoms with E-state index in [1.165, 1.54) is 5.56 Å². The van der Waals surface area contributed by atoms with E-state index in [9.17, 15) is 9.59 Å². The van der Waals surface area contributed by atoms with Crippen molar-refractivity contribution in [1.82, 2.24) is 5.32 Å². The first kappa shape index (κ1) is 20.2. The van der Waals surface area contributed by atoms with E-state index in [2.05, 4.69) is 36.6 Å². The molecule has 1 aromatic carbocycles. The number of anilines is 1. The highest BCUT2D eigenvalue weighted by molar-refractivity contribution is 5.93. The number of aryl methyl sites for hydroxylation is 3. The van der Waals surface area contributed by atoms with Crippen LogP contribution in [-0.4, -0.2) is 38.0 Å². The Morgan fingerprint density at radius 3 is 2.00 bits per heavy atom. The van der Waals surface area contributed by atoms with Crippen molar-refractivity contribution in [2.75, 3.05) is 25.5 Å². The molecule has 0 aliphatic carbocycles. The molecule has 0 bridgehead atoms. The van der Waals surface area contributed by atoms with Gasteiger partial charge in [0.2, 0.25) is 0 Å². The average Bonchev–Trinajstić information content (AvgIpc) is 2.42. The highest BCUT2D eigenvalue weighted by Gasteiger charge is 2.17. The van der Waals surface area contributed by atoms with E-state index in [0.717, 1.165) is 21.7 Å². The summed E-state index contributed by atoms with van der Waals surface area (Å²) in [5.41, 5.74) is 4.17. The van der Waals surface area contributed by atoms with E-state index < -0.39 is 0 Å². The van der Waals surface area contributed by atoms with Gasteiger partial charge in [0.15, 0.2) is 13.1 Å². The third-order valence-corrected chi connectivity index (χ3v) is 4.25. The summed E-state index contributed by atoms with van der Waals surface area (Å²) < 4.78 is 0. The fourth-order valence-corrected chi connectivity index (χ4v) is 2.64. The Morgan fingerprint density at radius 1 is 1.00 bits per heavy atom. The maximum Gasteiger partial charge on any atom is 0.279 e. The Balaban J connectivity index is 2.55. The van der Waals surface area contributed by atoms with Gasteiger partial charge in [0.05, 0.1) is 7.05 Å². The SMILES string of the molecule is Cc1cc(C)c(NC(=O)C[NH+](C)CC(=O)N[C@@H](C)C(C)C)c(C)c1. The number of quaternary nitrogens is 1. The molecule has 0 aliphatic heterocycles. The number of likely N-dealkylation sites (N-methyl/N-ethyl adjacent to an activating group) is 1. The van der Waals surface area contributed by atoms with Gasteiger partial charge >= 0.3 is 0 Å². The zero-order valence-electron chi connectivity index (χ0n) is 16.0. The smallest absolute Gasteiger partial charge is 0.279 e. The second-order valence-corrected chi connectivity index (χ2v) is 7.23. The van der Waals surface area contributed by atoms with Crippen LogP contribution in [0.1, 0.15) is 37.5 Å². The van der Waals surface area contributed by atoms with Crippen LogP contribution < -0.4 is 15.5 Å². The molecule has 0 fully saturated rings. The molecule has 134 valence electrons. The van der Waals surface area contributed by atoms with Crippen LogP contribution in [0.5, 0.6) is 0 Å². The fraction of sp³-hybridized carbons (Fsp3) is 0.579. The van der Waals surface area contributed by atoms with Gasteiger partial charge in [-0.3, -0.25) is 9.59 Å². The largest absolute Gasteiger partial charge is 0.348 e. The first-order valence-electron chi connectivity index (χ1n) is 8.58. The van der Waals surface area contributed by atoms with Gasteiger partial charge < -0.3 is 15.5 Å². The Kier molecular flexibility index (Phi) is 7.42. The molecule has 0 aliphatic rings. The minimum atomic E-state index is -0.0766. The van der Waals surface area contributed by atoms with Crippen molar-refractivity contribution >= 4 is 17.5 Å². The quantitative estimate of drug-likeness (QED) is 0.702. The van der Waals surface area contributed by atoms with E-state index in [1.54, 1.807) is 0 Å². The second kappa shape index (κ2) is 8.83. The molecule has 24 heavy (non-hydrogen) atoms. The number of hydrogen-bond acceptors (Lipinski definition) is 2. The summed E-state index contributed by atoms with van der Waals surface area (Å²) >= 11 is 0. The molecule has 0 heterocycles. The number of carbonyl (C=O) groups excluding carboxylic acids is 2. The minimum Gasteiger partial charge on any atom is -0.348 e. The summed E-state index contributed by atoms with van der Waals surface area (Å²) in [6.07, 6.45) is 0. The van der Waals surface area contributed by atoms with E-state index in [1.807, 2.05) is 34.7 Å². The molecule has 1 rings (SSSR count). The molecule has 5 heteroatoms. The van der Waals surface area contributed by atoms with Gasteiger partial charge in [0.25, 0.3) is 11.8 Å². The zero-order valence-corrected chi connectivity index (χ0v) is 16.0. The van der Waals surface area contributed by atoms with E-state index in [4.69, 9.17) is 0 Å². The molecular formula is C19H32N3O2+. The van der Waals surface area contributed by atoms with Crippen molar-refractivity contribution < 1.29 is 14.5 Å². The van der Waals surface area contributed by atoms with Crippen LogP contribution in [0, 0.1) is 26.7 Å². The van der Waals surface area contributed by atoms with Gasteiger partial charge in [-0.15, -0.1) is 0 Å². The number of hydrogen-bond donors (Lipinski definition) is 3. The number of amides is 2. The van der Waals surface area contributed by atoms with E-state index in [0.29, 0.717) is 5.92 Å². The lowest BCUT2D eigenvalue weighted by molar-refractivity contribution is -0.862. The third-order valence-electron chi connectivity index (χ3n) is 4.25. The lowest BCUT2D eigenvalue weighted by Gasteiger charge is -2.19. The van der Waals surface area contributed by atoms with Gasteiger partial charge in [-0.25, -0.2) is 0 Å². The highest BCUT2D eigenvalue weighted by atomic mass is 16.2. The maximum atomic E-state index is 12.3. The van der Waals surface area contributed by atoms with Crippen molar-refractivity contribution in [2.24, 2.45) is 5.92 Å². The standard InChI is InChI=1S/C19H31N3O2/c1-12(2)16(6)20-17(23)10-22(7)11-18(24)21-19-14(4)8-13(3)9-15(19)5/h8-9,12,16H,10-11H2,1-7H3,(H,20,23)(H,21,24)/p+1/t16-/m0/s1. The number of carbonyl (C=O) groups is 2. The number of rotatable bonds is 7. The molecule has 0 saturated heterocycles. The topological polar surface area (TPSA) is 62.6 Å². The third kappa shape index (κ3) is 6.32. The van der Waals surface area contributed by atoms with Crippen molar-refractivity contribution in [3.05, 3.63) is 28.8 Å². The molecule has 2 amide bonds. The van der Waals surface area contributed by atoms with E-state index in [-0.39, 0.29) is 30.9 Å². The van der Waals surface area contributed by atoms with Gasteiger partial charge in [0.1, 0.15) is 0 Å². The van der Waals surface area contributed by atoms with Gasteiger partial charge in [-0.1, -0.05) is 31.5 Å². The maximum absolute atomic E-state index is 12.3. The molecule has 2 atom stereocenters. The minimum absolute atomic E-state index is 0.0239. The van der Waals surface area contributed by atoms with Gasteiger partial charge in [-0.2, -0.15) is 0 Å². The molecule has 3 N–H and O–H groups in total. The van der Waals surface area contributed by atoms with Crippen LogP contribution in [0.15, 0.2) is 12.1 Å². The fourth-order valence-electron chi connectivity index (χ4n) is 2.64. The second-order valence-electron chi connectivity index (χ2n) is 7.23. The summed E-state index contributed by atoms with van der Waals surface area (Å²) in [5.74, 6) is 0.293. The highest BCUT2D eigenvalue weighted by Crippen LogP contribution is 2.21. The number of nitrogens with one attached hydrogen (secondary N) is 3. The van der Waals surface area contributed by atoms with Crippen molar-refractivity contribution in [3.8, 4) is 0 Å². The van der Waals surface area contributed by atoms with Gasteiger partial charge in [-0.05, 0) is 44.7 Å². The zero-order chi connectivity index (χ0) is 18.4. The monoisotopic (exact) mass is 334 g/mol. The van der Waals surface area contributed by atoms with Crippen LogP contribution >= 0.6 is 0 Å². The Hall–Kier alpha value is -1.88. The van der Waals surface area contributed by atoms with Crippen LogP contribution in [0.25, 0.3) is 0 Å². The summed E-state index contributed by atoms with van der Waals surface area (Å²) in [4.78, 5) is 25.1. The first-order chi connectivity index (χ1) is 11.1. The van der Waals surface area contributed by atoms with Gasteiger partial charge in [0, 0.05) is 11.7 Å². The Morgan fingerprint density at radius 2 is 1.50 bits per heavy atom. The molecule has 0 spiro atoms. The predicted molar refractivity (Wildman–Crippen MR) is 98.3 cm³/mol. The lowest BCUT2D eigenvalue weighted by atomic mass is 10.1. The summed E-state index contributed by atoms with van der Waals surface area (Å²) in [6, 6.07) is 4.25. The Bertz CT molecular complexity index is 573. The lowest BCUT2D eigenvalue weighted by Crippen LogP contribution is -3.11. The molecule has 0 aromatic heterocycles. The van der Waals surface area contributed by atoms with Crippen LogP contribution in [0.4, 0.5) is 5.69 Å². The van der Waals surface area contributed by atoms with Crippen LogP contribution in [0.3, 0.4) is 0 Å². The molecule has 5 nitrogen and oxygen atoms in total. The molecule has 0 radical (unpaired) electrons. The number of benzene rings is 1. The summed E-state index contributed by atoms with van der Waals surface area (Å²) in [6.45, 7) is 12.7. The van der Waals surface area contributed by atoms with Crippen molar-refractivity contribution in [1.29, 1.82) is 0 Å². The van der Waals surface area contributed by atoms with Crippen LogP contribution in [0.2, 0.25) is 0 Å². The van der Waals surface area contributed by atoms with E-state index >= 15 is 0 Å². The van der Waals surface area contributed by atoms with Crippen LogP contribution in [-0.2, 0) is 9.59 Å². The molecular weight excluding hydrogens is 302 g/mol. The predicted octanol–water partition coefficient (Wildman–Crippen LogP) is 1.23. The molecule has 0 saturated carbocycles.